The van der Waals surface area contributed by atoms with Gasteiger partial charge in [-0.1, -0.05) is 70.4 Å². The monoisotopic (exact) mass is 693 g/mol. The third-order valence-electron chi connectivity index (χ3n) is 7.93. The molecule has 3 heterocycles. The SMILES string of the molecule is CCCCCCCC/C=C\CCCCCCCOC(=O)CNP(=O)([O-])OC[C@H]1O[C@@H](n2cnc3c(N)nc(N)nc32)[C@@](C)(F)[C@H]1O.[Na+]. The van der Waals surface area contributed by atoms with E-state index in [0.717, 1.165) is 45.4 Å². The number of aliphatic hydroxyl groups is 1. The number of nitrogens with one attached hydrogen (secondary N) is 1. The van der Waals surface area contributed by atoms with E-state index in [0.29, 0.717) is 6.42 Å². The molecule has 1 aliphatic heterocycles. The van der Waals surface area contributed by atoms with Crippen LogP contribution in [0.25, 0.3) is 11.2 Å². The van der Waals surface area contributed by atoms with E-state index in [9.17, 15) is 19.4 Å². The first-order chi connectivity index (χ1) is 22.0. The number of hydrogen-bond donors (Lipinski definition) is 4. The Kier molecular flexibility index (Phi) is 18.3. The van der Waals surface area contributed by atoms with Crippen LogP contribution in [0.1, 0.15) is 104 Å². The fourth-order valence-electron chi connectivity index (χ4n) is 5.27. The second-order valence-corrected chi connectivity index (χ2v) is 13.4. The zero-order valence-electron chi connectivity index (χ0n) is 27.9. The standard InChI is InChI=1S/C30H51FN7O7P.Na/c1-3-4-5-6-7-8-9-10-11-12-13-14-15-16-17-18-43-23(39)19-35-46(41,42)44-20-22-25(40)30(2,31)28(45-22)38-21-34-24-26(32)36-29(33)37-27(24)38;/h10-11,21-22,25,28,40H,3-9,12-20H2,1-2H3,(H2,35,41,42)(H4,32,33,36,37);/q;+1/p-1/b11-10-;/t22-,25+,28-,30+;/m1./s1. The van der Waals surface area contributed by atoms with E-state index in [2.05, 4.69) is 34.0 Å². The molecule has 0 bridgehead atoms. The van der Waals surface area contributed by atoms with Crippen LogP contribution >= 0.6 is 7.75 Å². The molecule has 5 atom stereocenters. The minimum Gasteiger partial charge on any atom is -0.766 e. The topological polar surface area (TPSA) is 213 Å². The third-order valence-corrected chi connectivity index (χ3v) is 8.96. The van der Waals surface area contributed by atoms with Crippen molar-refractivity contribution in [2.24, 2.45) is 0 Å². The average Bonchev–Trinajstić information content (AvgIpc) is 3.52. The smallest absolute Gasteiger partial charge is 0.766 e. The molecule has 0 aliphatic carbocycles. The number of aliphatic hydroxyl groups excluding tert-OH is 1. The van der Waals surface area contributed by atoms with Gasteiger partial charge in [0.1, 0.15) is 24.3 Å². The van der Waals surface area contributed by atoms with Crippen LogP contribution < -0.4 is 51.0 Å². The van der Waals surface area contributed by atoms with Crippen LogP contribution in [0.4, 0.5) is 16.2 Å². The van der Waals surface area contributed by atoms with Crippen molar-refractivity contribution in [3.63, 3.8) is 0 Å². The quantitative estimate of drug-likeness (QED) is 0.0450. The van der Waals surface area contributed by atoms with Gasteiger partial charge in [0.05, 0.1) is 19.5 Å². The Morgan fingerprint density at radius 1 is 1.13 bits per heavy atom. The summed E-state index contributed by atoms with van der Waals surface area (Å²) in [5, 5.41) is 12.6. The molecule has 0 spiro atoms. The summed E-state index contributed by atoms with van der Waals surface area (Å²) in [7, 11) is -4.77. The number of fused-ring (bicyclic) bond motifs is 1. The number of hydrogen-bond acceptors (Lipinski definition) is 12. The number of aromatic nitrogens is 4. The van der Waals surface area contributed by atoms with Gasteiger partial charge in [-0.15, -0.1) is 0 Å². The summed E-state index contributed by atoms with van der Waals surface area (Å²) in [6.07, 6.45) is 16.1. The number of esters is 1. The van der Waals surface area contributed by atoms with E-state index in [1.165, 1.54) is 49.4 Å². The number of rotatable bonds is 22. The van der Waals surface area contributed by atoms with Crippen LogP contribution in [-0.2, 0) is 23.4 Å². The molecule has 260 valence electrons. The molecule has 2 aromatic heterocycles. The number of anilines is 2. The number of carbonyl (C=O) groups is 1. The number of halogens is 1. The van der Waals surface area contributed by atoms with Crippen molar-refractivity contribution < 1.29 is 67.3 Å². The first-order valence-corrected chi connectivity index (χ1v) is 17.8. The molecule has 1 saturated heterocycles. The van der Waals surface area contributed by atoms with Crippen molar-refractivity contribution in [3.05, 3.63) is 18.5 Å². The van der Waals surface area contributed by atoms with Gasteiger partial charge in [0.2, 0.25) is 13.7 Å². The molecule has 0 aromatic carbocycles. The summed E-state index contributed by atoms with van der Waals surface area (Å²) in [4.78, 5) is 36.2. The number of alkyl halides is 1. The van der Waals surface area contributed by atoms with Gasteiger partial charge in [-0.05, 0) is 39.0 Å². The van der Waals surface area contributed by atoms with Crippen LogP contribution in [0, 0.1) is 0 Å². The molecule has 0 radical (unpaired) electrons. The molecule has 6 N–H and O–H groups in total. The third kappa shape index (κ3) is 13.3. The number of nitrogens with two attached hydrogens (primary N) is 2. The Hall–Kier alpha value is -1.68. The maximum Gasteiger partial charge on any atom is 1.00 e. The van der Waals surface area contributed by atoms with Crippen molar-refractivity contribution in [2.75, 3.05) is 31.2 Å². The van der Waals surface area contributed by atoms with Crippen molar-refractivity contribution in [3.8, 4) is 0 Å². The van der Waals surface area contributed by atoms with E-state index in [-0.39, 0.29) is 59.1 Å². The van der Waals surface area contributed by atoms with E-state index < -0.39 is 51.0 Å². The zero-order chi connectivity index (χ0) is 33.6. The first-order valence-electron chi connectivity index (χ1n) is 16.3. The molecule has 1 fully saturated rings. The molecule has 0 amide bonds. The minimum atomic E-state index is -4.77. The molecule has 2 aromatic rings. The summed E-state index contributed by atoms with van der Waals surface area (Å²) in [6, 6.07) is 0. The molecule has 3 rings (SSSR count). The number of nitrogen functional groups attached to an aromatic ring is 2. The van der Waals surface area contributed by atoms with Crippen molar-refractivity contribution >= 4 is 36.6 Å². The Morgan fingerprint density at radius 2 is 1.74 bits per heavy atom. The van der Waals surface area contributed by atoms with Gasteiger partial charge in [-0.25, -0.2) is 14.5 Å². The van der Waals surface area contributed by atoms with Crippen molar-refractivity contribution in [2.45, 2.75) is 121 Å². The van der Waals surface area contributed by atoms with Gasteiger partial charge in [0.15, 0.2) is 23.4 Å². The zero-order valence-corrected chi connectivity index (χ0v) is 30.8. The summed E-state index contributed by atoms with van der Waals surface area (Å²) < 4.78 is 44.8. The van der Waals surface area contributed by atoms with E-state index in [1.54, 1.807) is 0 Å². The minimum absolute atomic E-state index is 0. The summed E-state index contributed by atoms with van der Waals surface area (Å²) >= 11 is 0. The van der Waals surface area contributed by atoms with Gasteiger partial charge >= 0.3 is 35.5 Å². The molecule has 47 heavy (non-hydrogen) atoms. The summed E-state index contributed by atoms with van der Waals surface area (Å²) in [6.45, 7) is 2.15. The summed E-state index contributed by atoms with van der Waals surface area (Å²) in [5.74, 6) is -0.948. The largest absolute Gasteiger partial charge is 1.00 e. The molecule has 1 unspecified atom stereocenters. The predicted octanol–water partition coefficient (Wildman–Crippen LogP) is 1.25. The van der Waals surface area contributed by atoms with Crippen LogP contribution in [-0.4, -0.2) is 68.2 Å². The van der Waals surface area contributed by atoms with Gasteiger partial charge in [-0.2, -0.15) is 9.97 Å². The van der Waals surface area contributed by atoms with E-state index in [4.69, 9.17) is 25.5 Å². The molecule has 0 saturated carbocycles. The van der Waals surface area contributed by atoms with Gasteiger partial charge < -0.3 is 35.5 Å². The van der Waals surface area contributed by atoms with E-state index in [1.807, 2.05) is 5.09 Å². The van der Waals surface area contributed by atoms with Crippen LogP contribution in [0.2, 0.25) is 0 Å². The van der Waals surface area contributed by atoms with Gasteiger partial charge in [0, 0.05) is 0 Å². The number of ether oxygens (including phenoxy) is 2. The Labute approximate surface area is 298 Å². The molecule has 17 heteroatoms. The fourth-order valence-corrected chi connectivity index (χ4v) is 6.02. The van der Waals surface area contributed by atoms with Crippen LogP contribution in [0.15, 0.2) is 18.5 Å². The van der Waals surface area contributed by atoms with Crippen molar-refractivity contribution in [1.82, 2.24) is 24.6 Å². The second-order valence-electron chi connectivity index (χ2n) is 11.8. The average molecular weight is 694 g/mol. The Bertz CT molecular complexity index is 1320. The van der Waals surface area contributed by atoms with Crippen LogP contribution in [0.5, 0.6) is 0 Å². The van der Waals surface area contributed by atoms with E-state index >= 15 is 4.39 Å². The number of nitrogens with zero attached hydrogens (tertiary/aromatic N) is 4. The maximum absolute atomic E-state index is 15.6. The Morgan fingerprint density at radius 3 is 2.40 bits per heavy atom. The van der Waals surface area contributed by atoms with Gasteiger partial charge in [0.25, 0.3) is 0 Å². The number of unbranched alkanes of at least 4 members (excludes halogenated alkanes) is 11. The second kappa shape index (κ2) is 20.7. The molecule has 14 nitrogen and oxygen atoms in total. The predicted molar refractivity (Wildman–Crippen MR) is 171 cm³/mol. The van der Waals surface area contributed by atoms with Crippen LogP contribution in [0.3, 0.4) is 0 Å². The number of carbonyl (C=O) groups excluding carboxylic acids is 1. The first kappa shape index (κ1) is 41.5. The maximum atomic E-state index is 15.6. The Balaban J connectivity index is 0.00000768. The summed E-state index contributed by atoms with van der Waals surface area (Å²) in [5.41, 5.74) is 9.28. The fraction of sp³-hybridized carbons (Fsp3) is 0.733. The normalized spacial score (nSPS) is 22.4. The number of imidazole rings is 1. The van der Waals surface area contributed by atoms with Crippen molar-refractivity contribution in [1.29, 1.82) is 0 Å². The van der Waals surface area contributed by atoms with Gasteiger partial charge in [-0.3, -0.25) is 13.9 Å². The molecular weight excluding hydrogens is 643 g/mol. The molecule has 1 aliphatic rings. The molecular formula is C30H50FN7NaO7P. The number of allylic oxidation sites excluding steroid dienone is 2.